The minimum Gasteiger partial charge on any atom is -0.508 e. The molecule has 4 nitrogen and oxygen atoms in total. The molecule has 1 amide bonds. The molecule has 2 N–H and O–H groups in total. The highest BCUT2D eigenvalue weighted by Gasteiger charge is 2.17. The number of hydrogen-bond donors (Lipinski definition) is 2. The summed E-state index contributed by atoms with van der Waals surface area (Å²) in [5.74, 6) is -0.686. The monoisotopic (exact) mass is 240 g/mol. The fraction of sp³-hybridized carbons (Fsp3) is 0.417. The second kappa shape index (κ2) is 5.63. The van der Waals surface area contributed by atoms with Crippen LogP contribution in [0.3, 0.4) is 0 Å². The zero-order valence-corrected chi connectivity index (χ0v) is 10.2. The first-order chi connectivity index (χ1) is 7.95. The predicted octanol–water partition coefficient (Wildman–Crippen LogP) is 1.27. The van der Waals surface area contributed by atoms with E-state index in [4.69, 9.17) is 0 Å². The summed E-state index contributed by atoms with van der Waals surface area (Å²) in [7, 11) is 3.33. The summed E-state index contributed by atoms with van der Waals surface area (Å²) in [6.07, 6.45) is 0. The lowest BCUT2D eigenvalue weighted by molar-refractivity contribution is -0.121. The van der Waals surface area contributed by atoms with E-state index in [2.05, 4.69) is 5.32 Å². The standard InChI is InChI=1S/C12H17FN2O2/c1-8(15(3)7-12(17)14-2)10-5-4-9(13)6-11(10)16/h4-6,8,16H,7H2,1-3H3,(H,14,17). The summed E-state index contributed by atoms with van der Waals surface area (Å²) >= 11 is 0. The number of rotatable bonds is 4. The van der Waals surface area contributed by atoms with E-state index in [0.29, 0.717) is 5.56 Å². The number of phenols is 1. The molecule has 0 fully saturated rings. The van der Waals surface area contributed by atoms with Gasteiger partial charge in [0.15, 0.2) is 0 Å². The molecule has 1 aromatic rings. The highest BCUT2D eigenvalue weighted by molar-refractivity contribution is 5.77. The fourth-order valence-electron chi connectivity index (χ4n) is 1.55. The van der Waals surface area contributed by atoms with Gasteiger partial charge in [-0.25, -0.2) is 4.39 Å². The summed E-state index contributed by atoms with van der Waals surface area (Å²) in [5.41, 5.74) is 0.595. The number of halogens is 1. The van der Waals surface area contributed by atoms with Crippen molar-refractivity contribution in [2.75, 3.05) is 20.6 Å². The van der Waals surface area contributed by atoms with Crippen molar-refractivity contribution in [1.29, 1.82) is 0 Å². The molecule has 0 aromatic heterocycles. The first kappa shape index (κ1) is 13.4. The summed E-state index contributed by atoms with van der Waals surface area (Å²) in [5, 5.41) is 12.2. The molecule has 94 valence electrons. The van der Waals surface area contributed by atoms with E-state index in [9.17, 15) is 14.3 Å². The van der Waals surface area contributed by atoms with Crippen molar-refractivity contribution in [2.45, 2.75) is 13.0 Å². The smallest absolute Gasteiger partial charge is 0.233 e. The van der Waals surface area contributed by atoms with E-state index in [1.54, 1.807) is 19.0 Å². The van der Waals surface area contributed by atoms with Gasteiger partial charge in [0.2, 0.25) is 5.91 Å². The summed E-state index contributed by atoms with van der Waals surface area (Å²) in [6, 6.07) is 3.71. The van der Waals surface area contributed by atoms with Crippen LogP contribution < -0.4 is 5.32 Å². The van der Waals surface area contributed by atoms with Crippen LogP contribution >= 0.6 is 0 Å². The zero-order valence-electron chi connectivity index (χ0n) is 10.2. The number of carbonyl (C=O) groups is 1. The van der Waals surface area contributed by atoms with E-state index in [1.807, 2.05) is 6.92 Å². The van der Waals surface area contributed by atoms with Crippen molar-refractivity contribution >= 4 is 5.91 Å². The number of hydrogen-bond acceptors (Lipinski definition) is 3. The molecule has 1 unspecified atom stereocenters. The molecule has 1 rings (SSSR count). The molecular weight excluding hydrogens is 223 g/mol. The molecule has 0 saturated carbocycles. The molecule has 0 aliphatic carbocycles. The Bertz CT molecular complexity index is 409. The molecular formula is C12H17FN2O2. The van der Waals surface area contributed by atoms with Crippen LogP contribution in [-0.4, -0.2) is 36.6 Å². The van der Waals surface area contributed by atoms with Crippen LogP contribution in [0.15, 0.2) is 18.2 Å². The highest BCUT2D eigenvalue weighted by atomic mass is 19.1. The van der Waals surface area contributed by atoms with Gasteiger partial charge >= 0.3 is 0 Å². The van der Waals surface area contributed by atoms with Crippen molar-refractivity contribution in [3.8, 4) is 5.75 Å². The molecule has 5 heteroatoms. The number of phenolic OH excluding ortho intramolecular Hbond substituents is 1. The van der Waals surface area contributed by atoms with Crippen molar-refractivity contribution in [3.05, 3.63) is 29.6 Å². The van der Waals surface area contributed by atoms with Crippen molar-refractivity contribution in [1.82, 2.24) is 10.2 Å². The van der Waals surface area contributed by atoms with Gasteiger partial charge in [0.05, 0.1) is 6.54 Å². The van der Waals surface area contributed by atoms with Crippen molar-refractivity contribution in [3.63, 3.8) is 0 Å². The predicted molar refractivity (Wildman–Crippen MR) is 63.2 cm³/mol. The second-order valence-electron chi connectivity index (χ2n) is 3.97. The Morgan fingerprint density at radius 3 is 2.76 bits per heavy atom. The molecule has 0 aliphatic rings. The van der Waals surface area contributed by atoms with Gasteiger partial charge in [0.25, 0.3) is 0 Å². The van der Waals surface area contributed by atoms with Gasteiger partial charge < -0.3 is 10.4 Å². The third-order valence-electron chi connectivity index (χ3n) is 2.78. The summed E-state index contributed by atoms with van der Waals surface area (Å²) in [4.78, 5) is 13.0. The Hall–Kier alpha value is -1.62. The Labute approximate surface area is 100 Å². The van der Waals surface area contributed by atoms with E-state index in [0.717, 1.165) is 6.07 Å². The van der Waals surface area contributed by atoms with E-state index in [1.165, 1.54) is 12.1 Å². The molecule has 0 heterocycles. The molecule has 0 bridgehead atoms. The van der Waals surface area contributed by atoms with Gasteiger partial charge in [-0.1, -0.05) is 6.07 Å². The van der Waals surface area contributed by atoms with Gasteiger partial charge in [-0.3, -0.25) is 9.69 Å². The fourth-order valence-corrected chi connectivity index (χ4v) is 1.55. The van der Waals surface area contributed by atoms with Crippen LogP contribution in [0, 0.1) is 5.82 Å². The first-order valence-electron chi connectivity index (χ1n) is 5.35. The Morgan fingerprint density at radius 1 is 1.59 bits per heavy atom. The van der Waals surface area contributed by atoms with Crippen LogP contribution in [0.1, 0.15) is 18.5 Å². The number of amides is 1. The van der Waals surface area contributed by atoms with Gasteiger partial charge in [-0.05, 0) is 20.0 Å². The Kier molecular flexibility index (Phi) is 4.45. The molecule has 0 aliphatic heterocycles. The number of nitrogens with zero attached hydrogens (tertiary/aromatic N) is 1. The van der Waals surface area contributed by atoms with Crippen LogP contribution in [0.5, 0.6) is 5.75 Å². The quantitative estimate of drug-likeness (QED) is 0.833. The molecule has 1 aromatic carbocycles. The summed E-state index contributed by atoms with van der Waals surface area (Å²) in [6.45, 7) is 2.06. The lowest BCUT2D eigenvalue weighted by atomic mass is 10.1. The van der Waals surface area contributed by atoms with Crippen LogP contribution in [-0.2, 0) is 4.79 Å². The number of benzene rings is 1. The first-order valence-corrected chi connectivity index (χ1v) is 5.35. The van der Waals surface area contributed by atoms with Gasteiger partial charge in [0, 0.05) is 24.7 Å². The maximum Gasteiger partial charge on any atom is 0.233 e. The maximum absolute atomic E-state index is 12.8. The Morgan fingerprint density at radius 2 is 2.24 bits per heavy atom. The molecule has 1 atom stereocenters. The van der Waals surface area contributed by atoms with Gasteiger partial charge in [-0.2, -0.15) is 0 Å². The number of likely N-dealkylation sites (N-methyl/N-ethyl adjacent to an activating group) is 2. The van der Waals surface area contributed by atoms with Crippen molar-refractivity contribution < 1.29 is 14.3 Å². The zero-order chi connectivity index (χ0) is 13.0. The molecule has 17 heavy (non-hydrogen) atoms. The van der Waals surface area contributed by atoms with Gasteiger partial charge in [0.1, 0.15) is 11.6 Å². The lowest BCUT2D eigenvalue weighted by Gasteiger charge is -2.24. The third kappa shape index (κ3) is 3.42. The molecule has 0 spiro atoms. The van der Waals surface area contributed by atoms with Crippen LogP contribution in [0.4, 0.5) is 4.39 Å². The van der Waals surface area contributed by atoms with E-state index >= 15 is 0 Å². The summed E-state index contributed by atoms with van der Waals surface area (Å²) < 4.78 is 12.8. The number of aromatic hydroxyl groups is 1. The van der Waals surface area contributed by atoms with Crippen molar-refractivity contribution in [2.24, 2.45) is 0 Å². The molecule has 0 saturated heterocycles. The van der Waals surface area contributed by atoms with E-state index in [-0.39, 0.29) is 24.2 Å². The topological polar surface area (TPSA) is 52.6 Å². The minimum absolute atomic E-state index is 0.0961. The average molecular weight is 240 g/mol. The number of nitrogens with one attached hydrogen (secondary N) is 1. The average Bonchev–Trinajstić information content (AvgIpc) is 2.28. The minimum atomic E-state index is -0.479. The third-order valence-corrected chi connectivity index (χ3v) is 2.78. The van der Waals surface area contributed by atoms with E-state index < -0.39 is 5.82 Å². The van der Waals surface area contributed by atoms with Crippen LogP contribution in [0.25, 0.3) is 0 Å². The largest absolute Gasteiger partial charge is 0.508 e. The normalized spacial score (nSPS) is 12.5. The highest BCUT2D eigenvalue weighted by Crippen LogP contribution is 2.27. The lowest BCUT2D eigenvalue weighted by Crippen LogP contribution is -2.34. The Balaban J connectivity index is 2.81. The van der Waals surface area contributed by atoms with Crippen LogP contribution in [0.2, 0.25) is 0 Å². The molecule has 0 radical (unpaired) electrons. The second-order valence-corrected chi connectivity index (χ2v) is 3.97. The number of carbonyl (C=O) groups excluding carboxylic acids is 1. The van der Waals surface area contributed by atoms with Gasteiger partial charge in [-0.15, -0.1) is 0 Å². The SMILES string of the molecule is CNC(=O)CN(C)C(C)c1ccc(F)cc1O. The maximum atomic E-state index is 12.8.